The van der Waals surface area contributed by atoms with Crippen molar-refractivity contribution in [3.63, 3.8) is 0 Å². The summed E-state index contributed by atoms with van der Waals surface area (Å²) in [4.78, 5) is 9.60. The Bertz CT molecular complexity index is 717. The van der Waals surface area contributed by atoms with Crippen LogP contribution in [0.15, 0.2) is 35.8 Å². The Hall–Kier alpha value is -2.44. The monoisotopic (exact) mass is 416 g/mol. The fourth-order valence-electron chi connectivity index (χ4n) is 2.68. The molecule has 1 fully saturated rings. The van der Waals surface area contributed by atoms with Gasteiger partial charge in [0.05, 0.1) is 0 Å². The van der Waals surface area contributed by atoms with E-state index in [-0.39, 0.29) is 18.6 Å². The van der Waals surface area contributed by atoms with Gasteiger partial charge in [0.2, 0.25) is 0 Å². The summed E-state index contributed by atoms with van der Waals surface area (Å²) >= 11 is 0. The number of allylic oxidation sites excluding steroid dienone is 3. The Morgan fingerprint density at radius 2 is 2.10 bits per heavy atom. The SMILES string of the molecule is C=C(CC1C=C([C@@H]2CC[C@H](C#CCC)O2)O/C1=C/C)C(F)(F)F.CN(O)C(N)=O. The Morgan fingerprint density at radius 1 is 1.48 bits per heavy atom. The highest BCUT2D eigenvalue weighted by molar-refractivity contribution is 5.70. The minimum absolute atomic E-state index is 0.123. The summed E-state index contributed by atoms with van der Waals surface area (Å²) in [5, 5.41) is 8.29. The van der Waals surface area contributed by atoms with Crippen molar-refractivity contribution in [2.24, 2.45) is 11.7 Å². The fourth-order valence-corrected chi connectivity index (χ4v) is 2.68. The molecule has 3 N–H and O–H groups in total. The van der Waals surface area contributed by atoms with E-state index in [1.165, 1.54) is 0 Å². The molecule has 0 spiro atoms. The van der Waals surface area contributed by atoms with Gasteiger partial charge in [0.25, 0.3) is 0 Å². The number of rotatable bonds is 3. The van der Waals surface area contributed by atoms with Gasteiger partial charge in [-0.2, -0.15) is 13.2 Å². The first kappa shape index (κ1) is 24.6. The summed E-state index contributed by atoms with van der Waals surface area (Å²) in [5.41, 5.74) is 3.72. The standard InChI is InChI=1S/C18H21F3O2.C2H6N2O2/c1-4-6-7-14-8-9-16(22-14)17-11-13(15(5-2)23-17)10-12(3)18(19,20)21;1-4(6)2(3)5/h5,11,13-14,16H,3-4,8-10H2,1-2H3;6H,1H3,(H2,3,5)/b15-5+;/t13?,14-,16-;/m0./s1. The first-order valence-electron chi connectivity index (χ1n) is 9.16. The van der Waals surface area contributed by atoms with Crippen LogP contribution in [0.1, 0.15) is 39.5 Å². The van der Waals surface area contributed by atoms with Crippen LogP contribution in [0, 0.1) is 17.8 Å². The van der Waals surface area contributed by atoms with Crippen molar-refractivity contribution in [2.75, 3.05) is 7.05 Å². The number of carbonyl (C=O) groups is 1. The maximum atomic E-state index is 12.7. The molecular weight excluding hydrogens is 389 g/mol. The molecule has 162 valence electrons. The third-order valence-corrected chi connectivity index (χ3v) is 4.21. The van der Waals surface area contributed by atoms with Crippen molar-refractivity contribution in [1.29, 1.82) is 0 Å². The number of ether oxygens (including phenoxy) is 2. The van der Waals surface area contributed by atoms with Gasteiger partial charge in [-0.25, -0.2) is 9.86 Å². The van der Waals surface area contributed by atoms with Gasteiger partial charge >= 0.3 is 12.2 Å². The van der Waals surface area contributed by atoms with Crippen LogP contribution in [0.5, 0.6) is 0 Å². The lowest BCUT2D eigenvalue weighted by Gasteiger charge is -2.15. The van der Waals surface area contributed by atoms with Crippen LogP contribution < -0.4 is 5.73 Å². The zero-order chi connectivity index (χ0) is 22.2. The number of nitrogens with zero attached hydrogens (tertiary/aromatic N) is 1. The molecule has 29 heavy (non-hydrogen) atoms. The number of nitrogens with two attached hydrogens (primary N) is 1. The molecule has 6 nitrogen and oxygen atoms in total. The lowest BCUT2D eigenvalue weighted by atomic mass is 9.97. The van der Waals surface area contributed by atoms with Crippen LogP contribution in [0.4, 0.5) is 18.0 Å². The summed E-state index contributed by atoms with van der Waals surface area (Å²) in [5.74, 6) is 6.71. The summed E-state index contributed by atoms with van der Waals surface area (Å²) in [6, 6.07) is -0.852. The van der Waals surface area contributed by atoms with Crippen molar-refractivity contribution in [1.82, 2.24) is 5.06 Å². The highest BCUT2D eigenvalue weighted by Gasteiger charge is 2.38. The maximum Gasteiger partial charge on any atom is 0.412 e. The predicted molar refractivity (Wildman–Crippen MR) is 101 cm³/mol. The average Bonchev–Trinajstić information content (AvgIpc) is 3.26. The quantitative estimate of drug-likeness (QED) is 0.311. The Balaban J connectivity index is 0.000000612. The second kappa shape index (κ2) is 10.9. The van der Waals surface area contributed by atoms with Crippen molar-refractivity contribution < 1.29 is 32.6 Å². The molecule has 0 aromatic carbocycles. The number of hydroxylamine groups is 2. The lowest BCUT2D eigenvalue weighted by molar-refractivity contribution is -0.0942. The molecule has 3 atom stereocenters. The van der Waals surface area contributed by atoms with Crippen LogP contribution >= 0.6 is 0 Å². The van der Waals surface area contributed by atoms with Crippen molar-refractivity contribution >= 4 is 6.03 Å². The Morgan fingerprint density at radius 3 is 2.59 bits per heavy atom. The predicted octanol–water partition coefficient (Wildman–Crippen LogP) is 4.28. The molecule has 0 radical (unpaired) electrons. The molecule has 0 aromatic rings. The molecular formula is C20H27F3N2O4. The van der Waals surface area contributed by atoms with Gasteiger partial charge < -0.3 is 15.2 Å². The molecule has 2 amide bonds. The summed E-state index contributed by atoms with van der Waals surface area (Å²) in [6.07, 6.45) is 0.843. The van der Waals surface area contributed by atoms with Crippen LogP contribution in [-0.2, 0) is 9.47 Å². The second-order valence-corrected chi connectivity index (χ2v) is 6.50. The molecule has 0 saturated carbocycles. The smallest absolute Gasteiger partial charge is 0.412 e. The number of hydrogen-bond acceptors (Lipinski definition) is 4. The van der Waals surface area contributed by atoms with E-state index < -0.39 is 23.7 Å². The molecule has 0 aliphatic carbocycles. The Labute approximate surface area is 168 Å². The van der Waals surface area contributed by atoms with Crippen LogP contribution in [0.25, 0.3) is 0 Å². The largest absolute Gasteiger partial charge is 0.463 e. The van der Waals surface area contributed by atoms with Crippen LogP contribution in [0.2, 0.25) is 0 Å². The van der Waals surface area contributed by atoms with Gasteiger partial charge in [-0.15, -0.1) is 5.92 Å². The van der Waals surface area contributed by atoms with E-state index in [1.807, 2.05) is 6.92 Å². The number of carbonyl (C=O) groups excluding carboxylic acids is 1. The number of urea groups is 1. The van der Waals surface area contributed by atoms with E-state index in [2.05, 4.69) is 24.2 Å². The van der Waals surface area contributed by atoms with E-state index in [0.29, 0.717) is 16.6 Å². The number of alkyl halides is 3. The van der Waals surface area contributed by atoms with Crippen molar-refractivity contribution in [3.8, 4) is 11.8 Å². The number of amides is 2. The van der Waals surface area contributed by atoms with Gasteiger partial charge in [0.1, 0.15) is 23.7 Å². The third-order valence-electron chi connectivity index (χ3n) is 4.21. The van der Waals surface area contributed by atoms with Gasteiger partial charge in [-0.1, -0.05) is 19.4 Å². The maximum absolute atomic E-state index is 12.7. The molecule has 2 aliphatic rings. The number of hydrogen-bond donors (Lipinski definition) is 2. The lowest BCUT2D eigenvalue weighted by Crippen LogP contribution is -2.28. The van der Waals surface area contributed by atoms with E-state index in [9.17, 15) is 18.0 Å². The van der Waals surface area contributed by atoms with Crippen molar-refractivity contribution in [3.05, 3.63) is 35.8 Å². The summed E-state index contributed by atoms with van der Waals surface area (Å²) in [7, 11) is 1.16. The number of primary amides is 1. The summed E-state index contributed by atoms with van der Waals surface area (Å²) < 4.78 is 49.6. The Kier molecular flexibility index (Phi) is 9.27. The van der Waals surface area contributed by atoms with Gasteiger partial charge in [0.15, 0.2) is 0 Å². The highest BCUT2D eigenvalue weighted by atomic mass is 19.4. The highest BCUT2D eigenvalue weighted by Crippen LogP contribution is 2.39. The first-order chi connectivity index (χ1) is 13.5. The number of halogens is 3. The molecule has 2 rings (SSSR count). The summed E-state index contributed by atoms with van der Waals surface area (Å²) in [6.45, 7) is 6.86. The van der Waals surface area contributed by atoms with Crippen molar-refractivity contribution in [2.45, 2.75) is 57.9 Å². The molecule has 9 heteroatoms. The average molecular weight is 416 g/mol. The van der Waals surface area contributed by atoms with Crippen LogP contribution in [-0.4, -0.2) is 41.7 Å². The second-order valence-electron chi connectivity index (χ2n) is 6.50. The minimum Gasteiger partial charge on any atom is -0.463 e. The molecule has 0 aromatic heterocycles. The normalized spacial score (nSPS) is 24.6. The van der Waals surface area contributed by atoms with E-state index in [0.717, 1.165) is 26.3 Å². The first-order valence-corrected chi connectivity index (χ1v) is 9.16. The van der Waals surface area contributed by atoms with Gasteiger partial charge in [-0.3, -0.25) is 5.21 Å². The van der Waals surface area contributed by atoms with Gasteiger partial charge in [-0.05, 0) is 38.3 Å². The molecule has 0 bridgehead atoms. The molecule has 2 aliphatic heterocycles. The minimum atomic E-state index is -4.37. The zero-order valence-electron chi connectivity index (χ0n) is 16.8. The van der Waals surface area contributed by atoms with E-state index in [4.69, 9.17) is 14.7 Å². The molecule has 1 unspecified atom stereocenters. The van der Waals surface area contributed by atoms with Crippen LogP contribution in [0.3, 0.4) is 0 Å². The third kappa shape index (κ3) is 7.83. The van der Waals surface area contributed by atoms with E-state index in [1.54, 1.807) is 19.1 Å². The zero-order valence-corrected chi connectivity index (χ0v) is 16.8. The fraction of sp³-hybridized carbons (Fsp3) is 0.550. The van der Waals surface area contributed by atoms with E-state index >= 15 is 0 Å². The van der Waals surface area contributed by atoms with Gasteiger partial charge in [0, 0.05) is 25.0 Å². The molecule has 2 heterocycles. The topological polar surface area (TPSA) is 85.0 Å². The molecule has 1 saturated heterocycles.